The number of carbonyl (C=O) groups is 1. The molecule has 0 aromatic rings. The number of hydrogen-bond acceptors (Lipinski definition) is 1. The Bertz CT molecular complexity index is 157. The first-order valence-corrected chi connectivity index (χ1v) is 4.57. The largest absolute Gasteiger partial charge is 0.341 e. The molecule has 72 valence electrons. The zero-order valence-corrected chi connectivity index (χ0v) is 9.17. The molecule has 12 heavy (non-hydrogen) atoms. The topological polar surface area (TPSA) is 32.3 Å². The fourth-order valence-electron chi connectivity index (χ4n) is 0.702. The number of amides is 2. The van der Waals surface area contributed by atoms with Gasteiger partial charge in [0.15, 0.2) is 0 Å². The quantitative estimate of drug-likeness (QED) is 0.727. The predicted molar refractivity (Wildman–Crippen MR) is 52.0 cm³/mol. The lowest BCUT2D eigenvalue weighted by Crippen LogP contribution is -2.42. The highest BCUT2D eigenvalue weighted by Crippen LogP contribution is 2.26. The minimum Gasteiger partial charge on any atom is -0.341 e. The summed E-state index contributed by atoms with van der Waals surface area (Å²) in [5, 5.41) is 2.45. The summed E-state index contributed by atoms with van der Waals surface area (Å²) < 4.78 is -1.41. The summed E-state index contributed by atoms with van der Waals surface area (Å²) in [4.78, 5) is 12.5. The minimum atomic E-state index is -1.41. The molecule has 0 aromatic carbocycles. The van der Waals surface area contributed by atoms with E-state index in [1.165, 1.54) is 11.9 Å². The van der Waals surface area contributed by atoms with Crippen molar-refractivity contribution in [2.75, 3.05) is 20.1 Å². The average molecular weight is 234 g/mol. The molecule has 0 rings (SSSR count). The van der Waals surface area contributed by atoms with Gasteiger partial charge in [0.05, 0.1) is 6.54 Å². The Morgan fingerprint density at radius 1 is 1.50 bits per heavy atom. The Hall–Kier alpha value is 0.140. The number of halogens is 3. The van der Waals surface area contributed by atoms with Crippen molar-refractivity contribution in [3.05, 3.63) is 0 Å². The lowest BCUT2D eigenvalue weighted by molar-refractivity contribution is 0.204. The van der Waals surface area contributed by atoms with Crippen LogP contribution in [0.25, 0.3) is 0 Å². The Morgan fingerprint density at radius 3 is 2.25 bits per heavy atom. The molecule has 1 N–H and O–H groups in total. The highest BCUT2D eigenvalue weighted by molar-refractivity contribution is 6.67. The molecule has 0 unspecified atom stereocenters. The first-order valence-electron chi connectivity index (χ1n) is 3.44. The number of alkyl halides is 3. The zero-order chi connectivity index (χ0) is 9.78. The van der Waals surface area contributed by atoms with E-state index in [2.05, 4.69) is 5.32 Å². The van der Waals surface area contributed by atoms with E-state index in [-0.39, 0.29) is 12.6 Å². The molecule has 0 bridgehead atoms. The van der Waals surface area contributed by atoms with Gasteiger partial charge in [0.2, 0.25) is 3.79 Å². The molecule has 0 atom stereocenters. The molecule has 0 heterocycles. The number of rotatable bonds is 2. The summed E-state index contributed by atoms with van der Waals surface area (Å²) in [6, 6.07) is -0.246. The summed E-state index contributed by atoms with van der Waals surface area (Å²) in [6.45, 7) is 2.41. The zero-order valence-electron chi connectivity index (χ0n) is 6.90. The fraction of sp³-hybridized carbons (Fsp3) is 0.833. The average Bonchev–Trinajstić information content (AvgIpc) is 1.97. The Kier molecular flexibility index (Phi) is 5.06. The molecule has 0 saturated heterocycles. The summed E-state index contributed by atoms with van der Waals surface area (Å²) in [5.41, 5.74) is 0. The van der Waals surface area contributed by atoms with Crippen LogP contribution in [0.4, 0.5) is 4.79 Å². The van der Waals surface area contributed by atoms with Crippen molar-refractivity contribution in [3.63, 3.8) is 0 Å². The molecule has 0 aliphatic rings. The number of hydrogen-bond donors (Lipinski definition) is 1. The van der Waals surface area contributed by atoms with E-state index in [1.54, 1.807) is 0 Å². The maximum Gasteiger partial charge on any atom is 0.317 e. The molecule has 0 saturated carbocycles. The molecule has 0 aliphatic heterocycles. The van der Waals surface area contributed by atoms with Crippen LogP contribution in [0, 0.1) is 0 Å². The Morgan fingerprint density at radius 2 is 2.00 bits per heavy atom. The van der Waals surface area contributed by atoms with Crippen LogP contribution in [0.5, 0.6) is 0 Å². The minimum absolute atomic E-state index is 0.0911. The molecule has 0 spiro atoms. The monoisotopic (exact) mass is 232 g/mol. The van der Waals surface area contributed by atoms with Crippen LogP contribution in [-0.2, 0) is 0 Å². The van der Waals surface area contributed by atoms with Crippen LogP contribution in [0.1, 0.15) is 6.92 Å². The van der Waals surface area contributed by atoms with Gasteiger partial charge in [-0.25, -0.2) is 4.79 Å². The SMILES string of the molecule is CCN(CC(Cl)(Cl)Cl)C(=O)NC. The number of urea groups is 1. The summed E-state index contributed by atoms with van der Waals surface area (Å²) in [5.74, 6) is 0. The maximum absolute atomic E-state index is 11.1. The second kappa shape index (κ2) is 5.00. The van der Waals surface area contributed by atoms with E-state index in [9.17, 15) is 4.79 Å². The van der Waals surface area contributed by atoms with Crippen LogP contribution < -0.4 is 5.32 Å². The highest BCUT2D eigenvalue weighted by Gasteiger charge is 2.25. The fourth-order valence-corrected chi connectivity index (χ4v) is 1.13. The first kappa shape index (κ1) is 12.1. The summed E-state index contributed by atoms with van der Waals surface area (Å²) >= 11 is 16.6. The molecule has 0 aliphatic carbocycles. The highest BCUT2D eigenvalue weighted by atomic mass is 35.6. The van der Waals surface area contributed by atoms with Gasteiger partial charge in [-0.2, -0.15) is 0 Å². The van der Waals surface area contributed by atoms with E-state index in [4.69, 9.17) is 34.8 Å². The lowest BCUT2D eigenvalue weighted by Gasteiger charge is -2.23. The van der Waals surface area contributed by atoms with Crippen molar-refractivity contribution in [2.45, 2.75) is 10.7 Å². The molecular formula is C6H11Cl3N2O. The van der Waals surface area contributed by atoms with Crippen molar-refractivity contribution in [3.8, 4) is 0 Å². The molecule has 3 nitrogen and oxygen atoms in total. The van der Waals surface area contributed by atoms with Gasteiger partial charge in [0, 0.05) is 13.6 Å². The standard InChI is InChI=1S/C6H11Cl3N2O/c1-3-11(5(12)10-2)4-6(7,8)9/h3-4H2,1-2H3,(H,10,12). The van der Waals surface area contributed by atoms with Gasteiger partial charge < -0.3 is 10.2 Å². The van der Waals surface area contributed by atoms with Crippen molar-refractivity contribution < 1.29 is 4.79 Å². The van der Waals surface area contributed by atoms with Gasteiger partial charge in [-0.3, -0.25) is 0 Å². The summed E-state index contributed by atoms with van der Waals surface area (Å²) in [7, 11) is 1.53. The van der Waals surface area contributed by atoms with E-state index in [1.807, 2.05) is 6.92 Å². The van der Waals surface area contributed by atoms with Crippen molar-refractivity contribution in [2.24, 2.45) is 0 Å². The number of carbonyl (C=O) groups excluding carboxylic acids is 1. The molecule has 0 aromatic heterocycles. The molecule has 0 radical (unpaired) electrons. The number of nitrogens with zero attached hydrogens (tertiary/aromatic N) is 1. The number of nitrogens with one attached hydrogen (secondary N) is 1. The smallest absolute Gasteiger partial charge is 0.317 e. The molecule has 2 amide bonds. The van der Waals surface area contributed by atoms with Gasteiger partial charge in [0.25, 0.3) is 0 Å². The Labute approximate surface area is 86.9 Å². The third-order valence-corrected chi connectivity index (χ3v) is 1.61. The van der Waals surface area contributed by atoms with Gasteiger partial charge >= 0.3 is 6.03 Å². The first-order chi connectivity index (χ1) is 5.40. The third-order valence-electron chi connectivity index (χ3n) is 1.25. The second-order valence-electron chi connectivity index (χ2n) is 2.18. The van der Waals surface area contributed by atoms with Crippen molar-refractivity contribution >= 4 is 40.8 Å². The van der Waals surface area contributed by atoms with Crippen LogP contribution >= 0.6 is 34.8 Å². The van der Waals surface area contributed by atoms with Gasteiger partial charge in [-0.1, -0.05) is 34.8 Å². The normalized spacial score (nSPS) is 11.1. The van der Waals surface area contributed by atoms with Crippen molar-refractivity contribution in [1.82, 2.24) is 10.2 Å². The van der Waals surface area contributed by atoms with Crippen LogP contribution in [0.15, 0.2) is 0 Å². The lowest BCUT2D eigenvalue weighted by atomic mass is 10.5. The van der Waals surface area contributed by atoms with Crippen LogP contribution in [0.2, 0.25) is 0 Å². The Balaban J connectivity index is 4.09. The van der Waals surface area contributed by atoms with Crippen LogP contribution in [0.3, 0.4) is 0 Å². The van der Waals surface area contributed by atoms with E-state index < -0.39 is 3.79 Å². The van der Waals surface area contributed by atoms with E-state index in [0.29, 0.717) is 6.54 Å². The third kappa shape index (κ3) is 4.91. The molecule has 6 heteroatoms. The van der Waals surface area contributed by atoms with E-state index in [0.717, 1.165) is 0 Å². The van der Waals surface area contributed by atoms with Gasteiger partial charge in [-0.05, 0) is 6.92 Å². The molecular weight excluding hydrogens is 222 g/mol. The molecule has 0 fully saturated rings. The second-order valence-corrected chi connectivity index (χ2v) is 4.70. The van der Waals surface area contributed by atoms with E-state index >= 15 is 0 Å². The van der Waals surface area contributed by atoms with Crippen molar-refractivity contribution in [1.29, 1.82) is 0 Å². The predicted octanol–water partition coefficient (Wildman–Crippen LogP) is 2.02. The maximum atomic E-state index is 11.1. The van der Waals surface area contributed by atoms with Crippen LogP contribution in [-0.4, -0.2) is 34.9 Å². The summed E-state index contributed by atoms with van der Waals surface area (Å²) in [6.07, 6.45) is 0. The van der Waals surface area contributed by atoms with Gasteiger partial charge in [-0.15, -0.1) is 0 Å². The van der Waals surface area contributed by atoms with Gasteiger partial charge in [0.1, 0.15) is 0 Å².